The van der Waals surface area contributed by atoms with Gasteiger partial charge in [-0.1, -0.05) is 42.5 Å². The average molecular weight is 432 g/mol. The summed E-state index contributed by atoms with van der Waals surface area (Å²) in [6.45, 7) is 0.938. The summed E-state index contributed by atoms with van der Waals surface area (Å²) in [6.07, 6.45) is 2.11. The number of para-hydroxylation sites is 2. The second kappa shape index (κ2) is 8.33. The van der Waals surface area contributed by atoms with Gasteiger partial charge in [0.2, 0.25) is 0 Å². The molecule has 5 heteroatoms. The average Bonchev–Trinajstić information content (AvgIpc) is 3.23. The van der Waals surface area contributed by atoms with Gasteiger partial charge in [0.1, 0.15) is 0 Å². The van der Waals surface area contributed by atoms with Crippen LogP contribution in [-0.4, -0.2) is 32.0 Å². The van der Waals surface area contributed by atoms with Gasteiger partial charge in [0.05, 0.1) is 32.4 Å². The zero-order valence-corrected chi connectivity index (χ0v) is 18.8. The number of benzene rings is 3. The van der Waals surface area contributed by atoms with E-state index in [1.165, 1.54) is 38.2 Å². The molecule has 0 saturated carbocycles. The Morgan fingerprint density at radius 1 is 0.935 bits per heavy atom. The van der Waals surface area contributed by atoms with Crippen molar-refractivity contribution < 1.29 is 14.8 Å². The number of aromatic amines is 1. The molecular weight excluding hydrogens is 404 g/mol. The molecule has 0 unspecified atom stereocenters. The Bertz CT molecular complexity index is 1220. The molecule has 1 aliphatic heterocycles. The van der Waals surface area contributed by atoms with Gasteiger partial charge < -0.3 is 19.8 Å². The molecule has 2 atom stereocenters. The lowest BCUT2D eigenvalue weighted by molar-refractivity contribution is -0.692. The predicted octanol–water partition coefficient (Wildman–Crippen LogP) is 4.71. The molecule has 3 aromatic carbocycles. The Morgan fingerprint density at radius 3 is 2.48 bits per heavy atom. The number of quaternary nitrogens is 1. The van der Waals surface area contributed by atoms with Gasteiger partial charge in [0.25, 0.3) is 0 Å². The summed E-state index contributed by atoms with van der Waals surface area (Å²) < 4.78 is 11.4. The van der Waals surface area contributed by atoms with Crippen molar-refractivity contribution in [2.45, 2.75) is 16.9 Å². The number of ether oxygens (including phenoxy) is 2. The molecule has 0 spiro atoms. The van der Waals surface area contributed by atoms with Crippen molar-refractivity contribution in [2.24, 2.45) is 0 Å². The number of nitrogens with one attached hydrogen (secondary N) is 1. The third kappa shape index (κ3) is 3.38. The minimum atomic E-state index is 0.206. The van der Waals surface area contributed by atoms with Crippen LogP contribution in [0.5, 0.6) is 11.5 Å². The molecule has 0 bridgehead atoms. The molecule has 3 N–H and O–H groups in total. The number of rotatable bonds is 5. The Balaban J connectivity index is 1.68. The Kier molecular flexibility index (Phi) is 5.38. The van der Waals surface area contributed by atoms with Crippen molar-refractivity contribution in [3.05, 3.63) is 89.1 Å². The Morgan fingerprint density at radius 2 is 1.74 bits per heavy atom. The van der Waals surface area contributed by atoms with Crippen LogP contribution in [0.1, 0.15) is 34.3 Å². The largest absolute Gasteiger partial charge is 0.493 e. The van der Waals surface area contributed by atoms with E-state index in [9.17, 15) is 0 Å². The smallest absolute Gasteiger partial charge is 0.164 e. The van der Waals surface area contributed by atoms with E-state index in [-0.39, 0.29) is 12.0 Å². The van der Waals surface area contributed by atoms with Gasteiger partial charge in [-0.3, -0.25) is 0 Å². The van der Waals surface area contributed by atoms with E-state index in [0.717, 1.165) is 18.0 Å². The Hall–Kier alpha value is -2.89. The standard InChI is InChI=1S/C26H26N2O2S/c1-29-22-10-6-8-18(26(22)30-2)20-15-27-24(16-11-13-17(31-3)14-12-16)25-23(20)19-7-4-5-9-21(19)28-25/h4-14,20,24,27-28H,15H2,1-3H3/p+1/t20-,24+/m1/s1. The highest BCUT2D eigenvalue weighted by Crippen LogP contribution is 2.44. The molecule has 158 valence electrons. The SMILES string of the molecule is COc1cccc([C@H]2C[NH2+][C@@H](c3ccc(SC)cc3)c3[nH]c4ccccc4c32)c1OC. The van der Waals surface area contributed by atoms with Crippen LogP contribution in [0.3, 0.4) is 0 Å². The van der Waals surface area contributed by atoms with E-state index in [2.05, 4.69) is 77.2 Å². The summed E-state index contributed by atoms with van der Waals surface area (Å²) in [7, 11) is 3.42. The van der Waals surface area contributed by atoms with E-state index in [1.807, 2.05) is 6.07 Å². The second-order valence-electron chi connectivity index (χ2n) is 7.86. The number of hydrogen-bond donors (Lipinski definition) is 2. The van der Waals surface area contributed by atoms with E-state index in [1.54, 1.807) is 26.0 Å². The minimum absolute atomic E-state index is 0.206. The highest BCUT2D eigenvalue weighted by atomic mass is 32.2. The minimum Gasteiger partial charge on any atom is -0.493 e. The van der Waals surface area contributed by atoms with Gasteiger partial charge in [-0.05, 0) is 30.5 Å². The van der Waals surface area contributed by atoms with Crippen LogP contribution in [0.4, 0.5) is 0 Å². The van der Waals surface area contributed by atoms with Crippen LogP contribution in [0.15, 0.2) is 71.6 Å². The molecule has 0 aliphatic carbocycles. The topological polar surface area (TPSA) is 50.9 Å². The van der Waals surface area contributed by atoms with Gasteiger partial charge in [-0.2, -0.15) is 0 Å². The first-order valence-electron chi connectivity index (χ1n) is 10.5. The second-order valence-corrected chi connectivity index (χ2v) is 8.74. The summed E-state index contributed by atoms with van der Waals surface area (Å²) in [5.74, 6) is 1.80. The maximum atomic E-state index is 5.81. The predicted molar refractivity (Wildman–Crippen MR) is 127 cm³/mol. The fourth-order valence-corrected chi connectivity index (χ4v) is 5.30. The van der Waals surface area contributed by atoms with E-state index in [4.69, 9.17) is 9.47 Å². The van der Waals surface area contributed by atoms with Crippen LogP contribution in [0, 0.1) is 0 Å². The fraction of sp³-hybridized carbons (Fsp3) is 0.231. The summed E-state index contributed by atoms with van der Waals surface area (Å²) in [6, 6.07) is 24.0. The number of fused-ring (bicyclic) bond motifs is 3. The normalized spacial score (nSPS) is 18.0. The lowest BCUT2D eigenvalue weighted by atomic mass is 9.82. The van der Waals surface area contributed by atoms with Gasteiger partial charge in [0, 0.05) is 32.5 Å². The first-order valence-corrected chi connectivity index (χ1v) is 11.8. The molecule has 4 nitrogen and oxygen atoms in total. The Labute approximate surface area is 187 Å². The van der Waals surface area contributed by atoms with Crippen molar-refractivity contribution in [3.63, 3.8) is 0 Å². The summed E-state index contributed by atoms with van der Waals surface area (Å²) in [5.41, 5.74) is 6.31. The third-order valence-electron chi connectivity index (χ3n) is 6.33. The van der Waals surface area contributed by atoms with E-state index >= 15 is 0 Å². The highest BCUT2D eigenvalue weighted by Gasteiger charge is 2.37. The fourth-order valence-electron chi connectivity index (χ4n) is 4.90. The third-order valence-corrected chi connectivity index (χ3v) is 7.07. The first-order chi connectivity index (χ1) is 15.2. The molecule has 2 heterocycles. The highest BCUT2D eigenvalue weighted by molar-refractivity contribution is 7.98. The van der Waals surface area contributed by atoms with E-state index in [0.29, 0.717) is 0 Å². The summed E-state index contributed by atoms with van der Waals surface area (Å²) in [4.78, 5) is 5.04. The molecule has 31 heavy (non-hydrogen) atoms. The van der Waals surface area contributed by atoms with Gasteiger partial charge in [0.15, 0.2) is 17.5 Å². The van der Waals surface area contributed by atoms with Gasteiger partial charge in [-0.25, -0.2) is 0 Å². The monoisotopic (exact) mass is 431 g/mol. The van der Waals surface area contributed by atoms with Gasteiger partial charge >= 0.3 is 0 Å². The van der Waals surface area contributed by atoms with Gasteiger partial charge in [-0.15, -0.1) is 11.8 Å². The molecule has 1 aromatic heterocycles. The maximum Gasteiger partial charge on any atom is 0.164 e. The molecule has 0 fully saturated rings. The lowest BCUT2D eigenvalue weighted by Crippen LogP contribution is -2.88. The summed E-state index contributed by atoms with van der Waals surface area (Å²) in [5, 5.41) is 3.72. The molecule has 1 aliphatic rings. The number of H-pyrrole nitrogens is 1. The molecule has 4 aromatic rings. The van der Waals surface area contributed by atoms with Crippen LogP contribution >= 0.6 is 11.8 Å². The number of aromatic nitrogens is 1. The molecule has 0 saturated heterocycles. The van der Waals surface area contributed by atoms with Crippen molar-refractivity contribution in [2.75, 3.05) is 27.0 Å². The number of nitrogens with two attached hydrogens (primary N) is 1. The molecular formula is C26H27N2O2S+. The first kappa shape index (κ1) is 20.0. The zero-order valence-electron chi connectivity index (χ0n) is 18.0. The van der Waals surface area contributed by atoms with Crippen molar-refractivity contribution in [1.29, 1.82) is 0 Å². The van der Waals surface area contributed by atoms with E-state index < -0.39 is 0 Å². The number of methoxy groups -OCH3 is 2. The molecule has 5 rings (SSSR count). The maximum absolute atomic E-state index is 5.81. The lowest BCUT2D eigenvalue weighted by Gasteiger charge is -2.29. The quantitative estimate of drug-likeness (QED) is 0.450. The molecule has 0 amide bonds. The van der Waals surface area contributed by atoms with Crippen LogP contribution in [0.25, 0.3) is 10.9 Å². The van der Waals surface area contributed by atoms with Crippen molar-refractivity contribution in [1.82, 2.24) is 4.98 Å². The van der Waals surface area contributed by atoms with Crippen LogP contribution < -0.4 is 14.8 Å². The zero-order chi connectivity index (χ0) is 21.4. The van der Waals surface area contributed by atoms with Crippen LogP contribution in [-0.2, 0) is 0 Å². The number of hydrogen-bond acceptors (Lipinski definition) is 3. The van der Waals surface area contributed by atoms with Crippen molar-refractivity contribution >= 4 is 22.7 Å². The molecule has 0 radical (unpaired) electrons. The van der Waals surface area contributed by atoms with Crippen molar-refractivity contribution in [3.8, 4) is 11.5 Å². The summed E-state index contributed by atoms with van der Waals surface area (Å²) >= 11 is 1.78. The van der Waals surface area contributed by atoms with Crippen LogP contribution in [0.2, 0.25) is 0 Å². The number of thioether (sulfide) groups is 1.